The largest absolute Gasteiger partial charge is 0.460 e. The first-order valence-corrected chi connectivity index (χ1v) is 6.06. The predicted octanol–water partition coefficient (Wildman–Crippen LogP) is 2.15. The van der Waals surface area contributed by atoms with Crippen molar-refractivity contribution < 1.29 is 9.53 Å². The molecule has 1 aliphatic heterocycles. The zero-order chi connectivity index (χ0) is 9.43. The van der Waals surface area contributed by atoms with E-state index in [2.05, 4.69) is 36.4 Å². The molecule has 0 aromatic heterocycles. The van der Waals surface area contributed by atoms with E-state index < -0.39 is 0 Å². The molecule has 2 bridgehead atoms. The summed E-state index contributed by atoms with van der Waals surface area (Å²) in [5, 5.41) is 0. The van der Waals surface area contributed by atoms with E-state index in [0.29, 0.717) is 9.34 Å². The molecule has 0 amide bonds. The highest BCUT2D eigenvalue weighted by Crippen LogP contribution is 2.70. The molecule has 3 fully saturated rings. The van der Waals surface area contributed by atoms with Crippen molar-refractivity contribution in [3.63, 3.8) is 0 Å². The summed E-state index contributed by atoms with van der Waals surface area (Å²) < 4.78 is 6.00. The minimum absolute atomic E-state index is 0.0652. The van der Waals surface area contributed by atoms with E-state index in [-0.39, 0.29) is 23.4 Å². The number of rotatable bonds is 0. The molecule has 1 heterocycles. The Hall–Kier alpha value is 0.200. The van der Waals surface area contributed by atoms with E-state index in [1.54, 1.807) is 0 Å². The first kappa shape index (κ1) is 8.50. The molecule has 0 N–H and O–H groups in total. The van der Waals surface area contributed by atoms with Gasteiger partial charge in [0.1, 0.15) is 6.10 Å². The van der Waals surface area contributed by atoms with Crippen molar-refractivity contribution in [2.45, 2.75) is 36.7 Å². The number of hydrogen-bond acceptors (Lipinski definition) is 2. The number of hydrogen-bond donors (Lipinski definition) is 0. The summed E-state index contributed by atoms with van der Waals surface area (Å²) in [6, 6.07) is 0. The van der Waals surface area contributed by atoms with Gasteiger partial charge in [-0.05, 0) is 18.3 Å². The Morgan fingerprint density at radius 1 is 1.54 bits per heavy atom. The summed E-state index contributed by atoms with van der Waals surface area (Å²) in [5.74, 6) is 0.268. The molecule has 3 aliphatic rings. The second-order valence-electron chi connectivity index (χ2n) is 5.35. The first-order chi connectivity index (χ1) is 5.97. The van der Waals surface area contributed by atoms with Crippen LogP contribution >= 0.6 is 22.6 Å². The Morgan fingerprint density at radius 3 is 2.77 bits per heavy atom. The van der Waals surface area contributed by atoms with Crippen molar-refractivity contribution in [3.8, 4) is 0 Å². The SMILES string of the molecule is C[C@]12C[C@@H]3C(=O)O[C@H]([C@H]1I)[C@]3(C)C2. The Bertz CT molecular complexity index is 303. The number of alkyl halides is 1. The molecule has 72 valence electrons. The van der Waals surface area contributed by atoms with E-state index in [4.69, 9.17) is 4.74 Å². The Morgan fingerprint density at radius 2 is 2.23 bits per heavy atom. The molecule has 3 heteroatoms. The van der Waals surface area contributed by atoms with Crippen LogP contribution in [0.4, 0.5) is 0 Å². The van der Waals surface area contributed by atoms with Gasteiger partial charge in [0, 0.05) is 5.41 Å². The van der Waals surface area contributed by atoms with Crippen LogP contribution in [0.5, 0.6) is 0 Å². The van der Waals surface area contributed by atoms with Crippen LogP contribution < -0.4 is 0 Å². The van der Waals surface area contributed by atoms with E-state index in [1.165, 1.54) is 6.42 Å². The minimum Gasteiger partial charge on any atom is -0.460 e. The third-order valence-corrected chi connectivity index (χ3v) is 6.52. The molecular weight excluding hydrogens is 279 g/mol. The van der Waals surface area contributed by atoms with E-state index in [9.17, 15) is 4.79 Å². The van der Waals surface area contributed by atoms with Gasteiger partial charge < -0.3 is 4.74 Å². The zero-order valence-corrected chi connectivity index (χ0v) is 10.00. The van der Waals surface area contributed by atoms with Crippen LogP contribution in [0, 0.1) is 16.7 Å². The molecule has 13 heavy (non-hydrogen) atoms. The second-order valence-corrected chi connectivity index (χ2v) is 6.69. The standard InChI is InChI=1S/C10H13IO2/c1-9-3-5-8(12)13-7(6(9)11)10(5,2)4-9/h5-7H,3-4H2,1-2H3/t5-,6-,7-,9-,10-/m1/s1. The molecule has 0 aromatic carbocycles. The number of carbonyl (C=O) groups is 1. The molecular formula is C10H13IO2. The van der Waals surface area contributed by atoms with Gasteiger partial charge in [0.25, 0.3) is 0 Å². The topological polar surface area (TPSA) is 26.3 Å². The van der Waals surface area contributed by atoms with Crippen LogP contribution in [-0.4, -0.2) is 16.0 Å². The zero-order valence-electron chi connectivity index (χ0n) is 7.84. The van der Waals surface area contributed by atoms with Crippen molar-refractivity contribution in [3.05, 3.63) is 0 Å². The van der Waals surface area contributed by atoms with Gasteiger partial charge in [-0.3, -0.25) is 4.79 Å². The molecule has 0 unspecified atom stereocenters. The number of fused-ring (bicyclic) bond motifs is 1. The third-order valence-electron chi connectivity index (χ3n) is 4.36. The van der Waals surface area contributed by atoms with Gasteiger partial charge in [-0.1, -0.05) is 36.4 Å². The van der Waals surface area contributed by atoms with Crippen molar-refractivity contribution in [1.82, 2.24) is 0 Å². The molecule has 0 aromatic rings. The maximum atomic E-state index is 11.6. The highest BCUT2D eigenvalue weighted by atomic mass is 127. The summed E-state index contributed by atoms with van der Waals surface area (Å²) in [6.07, 6.45) is 2.42. The Balaban J connectivity index is 2.15. The summed E-state index contributed by atoms with van der Waals surface area (Å²) in [7, 11) is 0. The van der Waals surface area contributed by atoms with Gasteiger partial charge >= 0.3 is 5.97 Å². The van der Waals surface area contributed by atoms with E-state index in [1.807, 2.05) is 0 Å². The summed E-state index contributed by atoms with van der Waals surface area (Å²) in [4.78, 5) is 11.6. The second kappa shape index (κ2) is 2.07. The maximum Gasteiger partial charge on any atom is 0.309 e. The monoisotopic (exact) mass is 292 g/mol. The van der Waals surface area contributed by atoms with Crippen molar-refractivity contribution >= 4 is 28.6 Å². The first-order valence-electron chi connectivity index (χ1n) is 4.82. The lowest BCUT2D eigenvalue weighted by Crippen LogP contribution is -2.37. The fourth-order valence-corrected chi connectivity index (χ4v) is 5.17. The van der Waals surface area contributed by atoms with Crippen LogP contribution in [0.1, 0.15) is 26.7 Å². The smallest absolute Gasteiger partial charge is 0.309 e. The van der Waals surface area contributed by atoms with Gasteiger partial charge in [0.15, 0.2) is 0 Å². The molecule has 3 rings (SSSR count). The van der Waals surface area contributed by atoms with Crippen molar-refractivity contribution in [2.24, 2.45) is 16.7 Å². The Kier molecular flexibility index (Phi) is 1.35. The summed E-state index contributed by atoms with van der Waals surface area (Å²) in [6.45, 7) is 4.54. The normalized spacial score (nSPS) is 63.0. The lowest BCUT2D eigenvalue weighted by molar-refractivity contribution is -0.143. The molecule has 2 nitrogen and oxygen atoms in total. The molecule has 0 spiro atoms. The fourth-order valence-electron chi connectivity index (χ4n) is 3.73. The minimum atomic E-state index is 0.0652. The average Bonchev–Trinajstić information content (AvgIpc) is 2.46. The van der Waals surface area contributed by atoms with Gasteiger partial charge in [0.2, 0.25) is 0 Å². The van der Waals surface area contributed by atoms with Gasteiger partial charge in [-0.25, -0.2) is 0 Å². The van der Waals surface area contributed by atoms with Crippen molar-refractivity contribution in [1.29, 1.82) is 0 Å². The molecule has 2 aliphatic carbocycles. The van der Waals surface area contributed by atoms with Gasteiger partial charge in [-0.15, -0.1) is 0 Å². The van der Waals surface area contributed by atoms with Gasteiger partial charge in [0.05, 0.1) is 9.84 Å². The van der Waals surface area contributed by atoms with Crippen LogP contribution in [0.25, 0.3) is 0 Å². The van der Waals surface area contributed by atoms with Gasteiger partial charge in [-0.2, -0.15) is 0 Å². The maximum absolute atomic E-state index is 11.6. The predicted molar refractivity (Wildman–Crippen MR) is 56.6 cm³/mol. The molecule has 1 saturated heterocycles. The van der Waals surface area contributed by atoms with Crippen LogP contribution in [0.15, 0.2) is 0 Å². The van der Waals surface area contributed by atoms with E-state index in [0.717, 1.165) is 6.42 Å². The molecule has 2 saturated carbocycles. The van der Waals surface area contributed by atoms with Crippen LogP contribution in [-0.2, 0) is 9.53 Å². The highest BCUT2D eigenvalue weighted by Gasteiger charge is 2.72. The lowest BCUT2D eigenvalue weighted by atomic mass is 9.75. The summed E-state index contributed by atoms with van der Waals surface area (Å²) >= 11 is 2.47. The quantitative estimate of drug-likeness (QED) is 0.388. The number of halogens is 1. The van der Waals surface area contributed by atoms with Crippen molar-refractivity contribution in [2.75, 3.05) is 0 Å². The summed E-state index contributed by atoms with van der Waals surface area (Å²) in [5.41, 5.74) is 0.522. The number of carbonyl (C=O) groups excluding carboxylic acids is 1. The molecule has 0 radical (unpaired) electrons. The van der Waals surface area contributed by atoms with Crippen LogP contribution in [0.2, 0.25) is 0 Å². The average molecular weight is 292 g/mol. The lowest BCUT2D eigenvalue weighted by Gasteiger charge is -2.31. The molecule has 5 atom stereocenters. The fraction of sp³-hybridized carbons (Fsp3) is 0.900. The number of ether oxygens (including phenoxy) is 1. The highest BCUT2D eigenvalue weighted by molar-refractivity contribution is 14.1. The van der Waals surface area contributed by atoms with Crippen LogP contribution in [0.3, 0.4) is 0 Å². The third kappa shape index (κ3) is 0.748. The number of esters is 1. The van der Waals surface area contributed by atoms with E-state index >= 15 is 0 Å². The Labute approximate surface area is 91.5 Å².